The van der Waals surface area contributed by atoms with Gasteiger partial charge in [0.25, 0.3) is 0 Å². The van der Waals surface area contributed by atoms with Crippen LogP contribution in [-0.2, 0) is 11.4 Å². The molecule has 2 aromatic heterocycles. The number of aromatic nitrogens is 3. The maximum Gasteiger partial charge on any atom is 0.216 e. The van der Waals surface area contributed by atoms with Gasteiger partial charge in [-0.2, -0.15) is 9.49 Å². The average Bonchev–Trinajstić information content (AvgIpc) is 3.19. The van der Waals surface area contributed by atoms with Crippen LogP contribution in [0.3, 0.4) is 0 Å². The molecule has 3 rings (SSSR count). The Hall–Kier alpha value is -2.22. The van der Waals surface area contributed by atoms with Gasteiger partial charge in [-0.15, -0.1) is 4.72 Å². The normalized spacial score (nSPS) is 14.2. The average molecular weight is 415 g/mol. The van der Waals surface area contributed by atoms with Crippen molar-refractivity contribution >= 4 is 11.4 Å². The maximum atomic E-state index is 14.6. The van der Waals surface area contributed by atoms with Gasteiger partial charge >= 0.3 is 0 Å². The smallest absolute Gasteiger partial charge is 0.216 e. The van der Waals surface area contributed by atoms with Crippen molar-refractivity contribution in [2.75, 3.05) is 0 Å². The molecule has 0 saturated carbocycles. The van der Waals surface area contributed by atoms with Crippen LogP contribution in [0.1, 0.15) is 63.4 Å². The molecule has 7 heteroatoms. The highest BCUT2D eigenvalue weighted by molar-refractivity contribution is 7.90. The van der Waals surface area contributed by atoms with Crippen LogP contribution in [-0.4, -0.2) is 24.5 Å². The Kier molecular flexibility index (Phi) is 6.41. The van der Waals surface area contributed by atoms with E-state index >= 15 is 0 Å². The van der Waals surface area contributed by atoms with E-state index < -0.39 is 28.1 Å². The highest BCUT2D eigenvalue weighted by atomic mass is 32.2. The third-order valence-corrected chi connectivity index (χ3v) is 6.19. The molecule has 1 aromatic carbocycles. The van der Waals surface area contributed by atoms with Crippen LogP contribution in [0, 0.1) is 5.95 Å². The van der Waals surface area contributed by atoms with Crippen molar-refractivity contribution < 1.29 is 8.94 Å². The Morgan fingerprint density at radius 3 is 2.48 bits per heavy atom. The predicted octanol–water partition coefficient (Wildman–Crippen LogP) is 4.88. The molecule has 2 N–H and O–H groups in total. The number of hydrogen-bond acceptors (Lipinski definition) is 4. The minimum atomic E-state index is -1.37. The van der Waals surface area contributed by atoms with E-state index in [0.717, 1.165) is 16.8 Å². The van der Waals surface area contributed by atoms with Gasteiger partial charge in [-0.25, -0.2) is 4.98 Å². The second-order valence-corrected chi connectivity index (χ2v) is 10.3. The number of nitrogens with one attached hydrogen (secondary N) is 2. The Balaban J connectivity index is 2.04. The van der Waals surface area contributed by atoms with Crippen LogP contribution >= 0.6 is 0 Å². The van der Waals surface area contributed by atoms with E-state index in [4.69, 9.17) is 0 Å². The number of benzene rings is 1. The molecule has 3 aromatic rings. The lowest BCUT2D eigenvalue weighted by Gasteiger charge is -2.28. The van der Waals surface area contributed by atoms with Crippen molar-refractivity contribution in [3.05, 3.63) is 71.4 Å². The summed E-state index contributed by atoms with van der Waals surface area (Å²) in [5.74, 6) is -0.453. The first kappa shape index (κ1) is 21.5. The number of H-pyrrole nitrogens is 1. The molecule has 29 heavy (non-hydrogen) atoms. The minimum absolute atomic E-state index is 0.0374. The van der Waals surface area contributed by atoms with Gasteiger partial charge in [-0.05, 0) is 56.0 Å². The number of nitrogens with zero attached hydrogens (tertiary/aromatic N) is 2. The molecule has 0 aliphatic carbocycles. The molecule has 154 valence electrons. The quantitative estimate of drug-likeness (QED) is 0.445. The van der Waals surface area contributed by atoms with Gasteiger partial charge in [-0.1, -0.05) is 38.1 Å². The zero-order chi connectivity index (χ0) is 21.2. The predicted molar refractivity (Wildman–Crippen MR) is 115 cm³/mol. The number of halogens is 1. The molecule has 2 atom stereocenters. The molecular weight excluding hydrogens is 387 g/mol. The molecular formula is C22H27FN4OS. The Morgan fingerprint density at radius 2 is 1.90 bits per heavy atom. The van der Waals surface area contributed by atoms with Gasteiger partial charge in [0.1, 0.15) is 10.8 Å². The lowest BCUT2D eigenvalue weighted by molar-refractivity contribution is 0.523. The SMILES string of the molecule is CC(C)c1ccc(C(N[S+]([O-])C(C)(C)C)c2cccc(-c3ccn[nH]3)c2)nc1F. The fraction of sp³-hybridized carbons (Fsp3) is 0.364. The van der Waals surface area contributed by atoms with Crippen molar-refractivity contribution in [2.24, 2.45) is 0 Å². The molecule has 5 nitrogen and oxygen atoms in total. The van der Waals surface area contributed by atoms with Gasteiger partial charge in [0.05, 0.1) is 11.4 Å². The summed E-state index contributed by atoms with van der Waals surface area (Å²) in [4.78, 5) is 4.21. The first-order valence-electron chi connectivity index (χ1n) is 9.61. The van der Waals surface area contributed by atoms with E-state index in [1.54, 1.807) is 18.3 Å². The largest absolute Gasteiger partial charge is 0.598 e. The Morgan fingerprint density at radius 1 is 1.14 bits per heavy atom. The maximum absolute atomic E-state index is 14.6. The van der Waals surface area contributed by atoms with E-state index in [2.05, 4.69) is 19.9 Å². The summed E-state index contributed by atoms with van der Waals surface area (Å²) in [5.41, 5.74) is 3.71. The summed E-state index contributed by atoms with van der Waals surface area (Å²) < 4.78 is 30.2. The van der Waals surface area contributed by atoms with Gasteiger partial charge < -0.3 is 4.55 Å². The molecule has 2 heterocycles. The Bertz CT molecular complexity index is 954. The lowest BCUT2D eigenvalue weighted by atomic mass is 9.99. The van der Waals surface area contributed by atoms with Crippen LogP contribution in [0.25, 0.3) is 11.3 Å². The summed E-state index contributed by atoms with van der Waals surface area (Å²) in [6.07, 6.45) is 1.69. The molecule has 0 spiro atoms. The van der Waals surface area contributed by atoms with Crippen molar-refractivity contribution in [2.45, 2.75) is 51.3 Å². The van der Waals surface area contributed by atoms with E-state index in [0.29, 0.717) is 11.3 Å². The topological polar surface area (TPSA) is 76.7 Å². The van der Waals surface area contributed by atoms with Crippen LogP contribution in [0.2, 0.25) is 0 Å². The third-order valence-electron chi connectivity index (χ3n) is 4.63. The molecule has 0 aliphatic heterocycles. The molecule has 0 fully saturated rings. The summed E-state index contributed by atoms with van der Waals surface area (Å²) in [7, 11) is 0. The zero-order valence-electron chi connectivity index (χ0n) is 17.4. The van der Waals surface area contributed by atoms with Crippen molar-refractivity contribution in [3.63, 3.8) is 0 Å². The fourth-order valence-corrected chi connectivity index (χ4v) is 3.76. The monoisotopic (exact) mass is 414 g/mol. The summed E-state index contributed by atoms with van der Waals surface area (Å²) in [6, 6.07) is 12.7. The van der Waals surface area contributed by atoms with Crippen molar-refractivity contribution in [1.82, 2.24) is 19.9 Å². The lowest BCUT2D eigenvalue weighted by Crippen LogP contribution is -2.41. The highest BCUT2D eigenvalue weighted by Gasteiger charge is 2.31. The Labute approximate surface area is 174 Å². The van der Waals surface area contributed by atoms with Crippen LogP contribution in [0.5, 0.6) is 0 Å². The van der Waals surface area contributed by atoms with E-state index in [1.165, 1.54) is 0 Å². The van der Waals surface area contributed by atoms with Crippen molar-refractivity contribution in [3.8, 4) is 11.3 Å². The van der Waals surface area contributed by atoms with Crippen LogP contribution in [0.4, 0.5) is 4.39 Å². The molecule has 2 unspecified atom stereocenters. The van der Waals surface area contributed by atoms with Crippen molar-refractivity contribution in [1.29, 1.82) is 0 Å². The summed E-state index contributed by atoms with van der Waals surface area (Å²) in [5, 5.41) is 6.95. The molecule has 0 bridgehead atoms. The molecule has 0 saturated heterocycles. The number of aromatic amines is 1. The first-order chi connectivity index (χ1) is 13.7. The number of hydrogen-bond donors (Lipinski definition) is 2. The molecule has 0 amide bonds. The molecule has 0 aliphatic rings. The summed E-state index contributed by atoms with van der Waals surface area (Å²) in [6.45, 7) is 9.54. The van der Waals surface area contributed by atoms with Crippen LogP contribution in [0.15, 0.2) is 48.7 Å². The second-order valence-electron chi connectivity index (χ2n) is 8.30. The van der Waals surface area contributed by atoms with E-state index in [1.807, 2.05) is 65.0 Å². The third kappa shape index (κ3) is 5.04. The van der Waals surface area contributed by atoms with Gasteiger partial charge in [0.2, 0.25) is 5.95 Å². The first-order valence-corrected chi connectivity index (χ1v) is 10.8. The summed E-state index contributed by atoms with van der Waals surface area (Å²) >= 11 is -1.37. The molecule has 0 radical (unpaired) electrons. The van der Waals surface area contributed by atoms with E-state index in [-0.39, 0.29) is 5.92 Å². The zero-order valence-corrected chi connectivity index (χ0v) is 18.2. The fourth-order valence-electron chi connectivity index (χ4n) is 2.94. The van der Waals surface area contributed by atoms with Gasteiger partial charge in [0.15, 0.2) is 0 Å². The van der Waals surface area contributed by atoms with Crippen LogP contribution < -0.4 is 4.72 Å². The van der Waals surface area contributed by atoms with Gasteiger partial charge in [-0.3, -0.25) is 5.10 Å². The number of rotatable bonds is 6. The minimum Gasteiger partial charge on any atom is -0.598 e. The standard InChI is InChI=1S/C22H27FN4OS/c1-14(2)17-9-10-19(25-21(17)23)20(27-29(28)22(3,4)5)16-8-6-7-15(13-16)18-11-12-24-26-18/h6-14,20,27H,1-5H3,(H,24,26). The second kappa shape index (κ2) is 8.65. The van der Waals surface area contributed by atoms with E-state index in [9.17, 15) is 8.94 Å². The van der Waals surface area contributed by atoms with Gasteiger partial charge in [0, 0.05) is 23.1 Å². The highest BCUT2D eigenvalue weighted by Crippen LogP contribution is 2.29. The number of pyridine rings is 1.